The summed E-state index contributed by atoms with van der Waals surface area (Å²) >= 11 is 5.85. The Morgan fingerprint density at radius 3 is 2.71 bits per heavy atom. The number of aliphatic hydroxyl groups is 1. The lowest BCUT2D eigenvalue weighted by atomic mass is 9.94. The van der Waals surface area contributed by atoms with Gasteiger partial charge in [0.2, 0.25) is 10.0 Å². The van der Waals surface area contributed by atoms with Crippen molar-refractivity contribution in [2.24, 2.45) is 5.92 Å². The molecule has 21 heavy (non-hydrogen) atoms. The second-order valence-electron chi connectivity index (χ2n) is 5.51. The van der Waals surface area contributed by atoms with Gasteiger partial charge in [-0.15, -0.1) is 0 Å². The lowest BCUT2D eigenvalue weighted by Gasteiger charge is -2.36. The van der Waals surface area contributed by atoms with E-state index in [0.717, 1.165) is 18.9 Å². The highest BCUT2D eigenvalue weighted by Crippen LogP contribution is 2.32. The minimum atomic E-state index is -3.97. The van der Waals surface area contributed by atoms with Gasteiger partial charge in [-0.2, -0.15) is 4.31 Å². The molecule has 1 aliphatic rings. The van der Waals surface area contributed by atoms with E-state index in [1.165, 1.54) is 10.4 Å². The molecule has 2 rings (SSSR count). The fourth-order valence-electron chi connectivity index (χ4n) is 2.68. The minimum Gasteiger partial charge on any atom is -0.392 e. The standard InChI is InChI=1S/C14H19ClFNO3S/c1-9-4-3-5-17(10(9)2)21(19,20)13-7-12(15)6-11(8-18)14(13)16/h6-7,9-10,18H,3-5,8H2,1-2H3. The third-order valence-electron chi connectivity index (χ3n) is 4.15. The Bertz CT molecular complexity index is 635. The second kappa shape index (κ2) is 6.20. The van der Waals surface area contributed by atoms with Crippen molar-refractivity contribution < 1.29 is 17.9 Å². The monoisotopic (exact) mass is 335 g/mol. The molecule has 0 bridgehead atoms. The summed E-state index contributed by atoms with van der Waals surface area (Å²) in [5.41, 5.74) is -0.112. The third-order valence-corrected chi connectivity index (χ3v) is 6.36. The van der Waals surface area contributed by atoms with Crippen molar-refractivity contribution in [2.45, 2.75) is 44.2 Å². The van der Waals surface area contributed by atoms with Crippen molar-refractivity contribution in [3.8, 4) is 0 Å². The lowest BCUT2D eigenvalue weighted by molar-refractivity contribution is 0.201. The van der Waals surface area contributed by atoms with E-state index in [0.29, 0.717) is 6.54 Å². The van der Waals surface area contributed by atoms with E-state index in [-0.39, 0.29) is 22.5 Å². The maximum Gasteiger partial charge on any atom is 0.246 e. The first-order valence-electron chi connectivity index (χ1n) is 6.89. The van der Waals surface area contributed by atoms with Gasteiger partial charge in [-0.25, -0.2) is 12.8 Å². The average molecular weight is 336 g/mol. The fourth-order valence-corrected chi connectivity index (χ4v) is 4.89. The largest absolute Gasteiger partial charge is 0.392 e. The molecule has 1 aromatic rings. The minimum absolute atomic E-state index is 0.0942. The molecule has 0 saturated carbocycles. The van der Waals surface area contributed by atoms with E-state index in [4.69, 9.17) is 16.7 Å². The predicted octanol–water partition coefficient (Wildman–Crippen LogP) is 2.78. The van der Waals surface area contributed by atoms with Crippen LogP contribution in [0, 0.1) is 11.7 Å². The summed E-state index contributed by atoms with van der Waals surface area (Å²) in [6.07, 6.45) is 1.70. The van der Waals surface area contributed by atoms with Gasteiger partial charge in [0.25, 0.3) is 0 Å². The first-order valence-corrected chi connectivity index (χ1v) is 8.71. The SMILES string of the molecule is CC1CCCN(S(=O)(=O)c2cc(Cl)cc(CO)c2F)C1C. The van der Waals surface area contributed by atoms with Gasteiger partial charge in [0, 0.05) is 23.2 Å². The normalized spacial score (nSPS) is 24.2. The van der Waals surface area contributed by atoms with Gasteiger partial charge in [0.1, 0.15) is 10.7 Å². The summed E-state index contributed by atoms with van der Waals surface area (Å²) in [4.78, 5) is -0.458. The van der Waals surface area contributed by atoms with E-state index in [1.54, 1.807) is 0 Å². The predicted molar refractivity (Wildman–Crippen MR) is 79.1 cm³/mol. The highest BCUT2D eigenvalue weighted by atomic mass is 35.5. The van der Waals surface area contributed by atoms with E-state index in [2.05, 4.69) is 0 Å². The fraction of sp³-hybridized carbons (Fsp3) is 0.571. The van der Waals surface area contributed by atoms with Crippen LogP contribution in [0.4, 0.5) is 4.39 Å². The van der Waals surface area contributed by atoms with Gasteiger partial charge in [0.05, 0.1) is 6.61 Å². The van der Waals surface area contributed by atoms with Gasteiger partial charge < -0.3 is 5.11 Å². The molecular formula is C14H19ClFNO3S. The molecule has 7 heteroatoms. The second-order valence-corrected chi connectivity index (χ2v) is 7.81. The smallest absolute Gasteiger partial charge is 0.246 e. The Hall–Kier alpha value is -0.690. The van der Waals surface area contributed by atoms with E-state index in [1.807, 2.05) is 13.8 Å². The lowest BCUT2D eigenvalue weighted by Crippen LogP contribution is -2.46. The summed E-state index contributed by atoms with van der Waals surface area (Å²) in [7, 11) is -3.97. The number of piperidine rings is 1. The molecule has 0 spiro atoms. The van der Waals surface area contributed by atoms with Gasteiger partial charge in [-0.3, -0.25) is 0 Å². The van der Waals surface area contributed by atoms with Crippen LogP contribution in [0.5, 0.6) is 0 Å². The molecule has 118 valence electrons. The molecule has 1 fully saturated rings. The van der Waals surface area contributed by atoms with Crippen molar-refractivity contribution in [3.63, 3.8) is 0 Å². The number of hydrogen-bond donors (Lipinski definition) is 1. The molecule has 1 heterocycles. The molecular weight excluding hydrogens is 317 g/mol. The van der Waals surface area contributed by atoms with Crippen LogP contribution in [-0.4, -0.2) is 30.4 Å². The van der Waals surface area contributed by atoms with Crippen molar-refractivity contribution in [2.75, 3.05) is 6.54 Å². The molecule has 1 saturated heterocycles. The zero-order chi connectivity index (χ0) is 15.8. The van der Waals surface area contributed by atoms with Crippen molar-refractivity contribution in [1.82, 2.24) is 4.31 Å². The topological polar surface area (TPSA) is 57.6 Å². The Kier molecular flexibility index (Phi) is 4.92. The zero-order valence-corrected chi connectivity index (χ0v) is 13.6. The summed E-state index contributed by atoms with van der Waals surface area (Å²) in [5.74, 6) is -0.708. The van der Waals surface area contributed by atoms with E-state index >= 15 is 0 Å². The maximum atomic E-state index is 14.3. The average Bonchev–Trinajstić information content (AvgIpc) is 2.43. The number of sulfonamides is 1. The highest BCUT2D eigenvalue weighted by Gasteiger charge is 2.36. The molecule has 1 N–H and O–H groups in total. The number of halogens is 2. The van der Waals surface area contributed by atoms with Crippen LogP contribution in [0.1, 0.15) is 32.3 Å². The number of nitrogens with zero attached hydrogens (tertiary/aromatic N) is 1. The van der Waals surface area contributed by atoms with Gasteiger partial charge in [-0.1, -0.05) is 18.5 Å². The Balaban J connectivity index is 2.51. The summed E-state index contributed by atoms with van der Waals surface area (Å²) in [6.45, 7) is 3.59. The van der Waals surface area contributed by atoms with E-state index < -0.39 is 27.3 Å². The molecule has 1 aliphatic heterocycles. The number of aliphatic hydroxyl groups excluding tert-OH is 1. The van der Waals surface area contributed by atoms with Crippen molar-refractivity contribution >= 4 is 21.6 Å². The van der Waals surface area contributed by atoms with Gasteiger partial charge >= 0.3 is 0 Å². The quantitative estimate of drug-likeness (QED) is 0.924. The Morgan fingerprint density at radius 2 is 2.10 bits per heavy atom. The summed E-state index contributed by atoms with van der Waals surface area (Å²) in [5, 5.41) is 9.22. The molecule has 0 aliphatic carbocycles. The maximum absolute atomic E-state index is 14.3. The van der Waals surface area contributed by atoms with Gasteiger partial charge in [0.15, 0.2) is 0 Å². The molecule has 4 nitrogen and oxygen atoms in total. The van der Waals surface area contributed by atoms with Crippen LogP contribution in [0.25, 0.3) is 0 Å². The Morgan fingerprint density at radius 1 is 1.43 bits per heavy atom. The summed E-state index contributed by atoms with van der Waals surface area (Å²) in [6, 6.07) is 2.15. The number of hydrogen-bond acceptors (Lipinski definition) is 3. The highest BCUT2D eigenvalue weighted by molar-refractivity contribution is 7.89. The van der Waals surface area contributed by atoms with Crippen LogP contribution < -0.4 is 0 Å². The van der Waals surface area contributed by atoms with E-state index in [9.17, 15) is 12.8 Å². The van der Waals surface area contributed by atoms with Crippen LogP contribution in [0.3, 0.4) is 0 Å². The third kappa shape index (κ3) is 3.08. The van der Waals surface area contributed by atoms with Crippen LogP contribution in [0.2, 0.25) is 5.02 Å². The first-order chi connectivity index (χ1) is 9.78. The number of benzene rings is 1. The molecule has 0 aromatic heterocycles. The molecule has 2 unspecified atom stereocenters. The molecule has 2 atom stereocenters. The first kappa shape index (κ1) is 16.7. The zero-order valence-electron chi connectivity index (χ0n) is 12.0. The van der Waals surface area contributed by atoms with Crippen molar-refractivity contribution in [3.05, 3.63) is 28.5 Å². The van der Waals surface area contributed by atoms with Crippen LogP contribution in [0.15, 0.2) is 17.0 Å². The molecule has 0 amide bonds. The molecule has 1 aromatic carbocycles. The molecule has 0 radical (unpaired) electrons. The summed E-state index contributed by atoms with van der Waals surface area (Å²) < 4.78 is 41.1. The van der Waals surface area contributed by atoms with Crippen LogP contribution in [-0.2, 0) is 16.6 Å². The van der Waals surface area contributed by atoms with Crippen LogP contribution >= 0.6 is 11.6 Å². The van der Waals surface area contributed by atoms with Crippen molar-refractivity contribution in [1.29, 1.82) is 0 Å². The number of rotatable bonds is 3. The Labute approximate surface area is 129 Å². The van der Waals surface area contributed by atoms with Gasteiger partial charge in [-0.05, 0) is 37.8 Å².